The van der Waals surface area contributed by atoms with Crippen molar-refractivity contribution in [2.24, 2.45) is 5.73 Å². The van der Waals surface area contributed by atoms with Gasteiger partial charge in [-0.05, 0) is 6.92 Å². The highest BCUT2D eigenvalue weighted by Crippen LogP contribution is 2.05. The number of hydrogen-bond acceptors (Lipinski definition) is 4. The first-order chi connectivity index (χ1) is 8.19. The van der Waals surface area contributed by atoms with Crippen molar-refractivity contribution in [1.82, 2.24) is 9.78 Å². The second-order valence-electron chi connectivity index (χ2n) is 3.66. The fourth-order valence-corrected chi connectivity index (χ4v) is 1.41. The number of aryl methyl sites for hydroxylation is 1. The normalized spacial score (nSPS) is 9.59. The molecule has 0 aliphatic rings. The molecule has 0 aromatic carbocycles. The van der Waals surface area contributed by atoms with Gasteiger partial charge in [0.25, 0.3) is 5.56 Å². The lowest BCUT2D eigenvalue weighted by Crippen LogP contribution is -2.28. The summed E-state index contributed by atoms with van der Waals surface area (Å²) in [7, 11) is 1.89. The third-order valence-corrected chi connectivity index (χ3v) is 2.39. The van der Waals surface area contributed by atoms with Crippen molar-refractivity contribution in [2.75, 3.05) is 25.0 Å². The Morgan fingerprint density at radius 2 is 2.35 bits per heavy atom. The smallest absolute Gasteiger partial charge is 0.268 e. The highest BCUT2D eigenvalue weighted by atomic mass is 16.1. The van der Waals surface area contributed by atoms with Gasteiger partial charge in [0.2, 0.25) is 0 Å². The van der Waals surface area contributed by atoms with Crippen LogP contribution in [0, 0.1) is 11.8 Å². The van der Waals surface area contributed by atoms with Gasteiger partial charge < -0.3 is 10.6 Å². The predicted molar refractivity (Wildman–Crippen MR) is 68.9 cm³/mol. The Balaban J connectivity index is 2.77. The van der Waals surface area contributed by atoms with E-state index in [2.05, 4.69) is 16.9 Å². The molecule has 5 nitrogen and oxygen atoms in total. The molecule has 0 radical (unpaired) electrons. The number of hydrogen-bond donors (Lipinski definition) is 1. The predicted octanol–water partition coefficient (Wildman–Crippen LogP) is 0.0516. The summed E-state index contributed by atoms with van der Waals surface area (Å²) in [4.78, 5) is 13.6. The van der Waals surface area contributed by atoms with Crippen LogP contribution < -0.4 is 16.2 Å². The molecule has 92 valence electrons. The zero-order valence-electron chi connectivity index (χ0n) is 10.3. The molecule has 0 atom stereocenters. The Labute approximate surface area is 101 Å². The first-order valence-electron chi connectivity index (χ1n) is 5.57. The molecule has 2 N–H and O–H groups in total. The van der Waals surface area contributed by atoms with Crippen LogP contribution in [0.15, 0.2) is 17.1 Å². The summed E-state index contributed by atoms with van der Waals surface area (Å²) in [6, 6.07) is 1.57. The van der Waals surface area contributed by atoms with Gasteiger partial charge in [-0.1, -0.05) is 0 Å². The third kappa shape index (κ3) is 3.93. The second kappa shape index (κ2) is 6.71. The van der Waals surface area contributed by atoms with Crippen LogP contribution in [0.2, 0.25) is 0 Å². The van der Waals surface area contributed by atoms with E-state index in [0.717, 1.165) is 5.69 Å². The van der Waals surface area contributed by atoms with E-state index in [4.69, 9.17) is 5.73 Å². The van der Waals surface area contributed by atoms with Gasteiger partial charge in [0, 0.05) is 32.6 Å². The van der Waals surface area contributed by atoms with Crippen LogP contribution >= 0.6 is 0 Å². The summed E-state index contributed by atoms with van der Waals surface area (Å²) >= 11 is 0. The fourth-order valence-electron chi connectivity index (χ4n) is 1.41. The van der Waals surface area contributed by atoms with Gasteiger partial charge >= 0.3 is 0 Å². The van der Waals surface area contributed by atoms with E-state index in [9.17, 15) is 4.79 Å². The van der Waals surface area contributed by atoms with Gasteiger partial charge in [0.15, 0.2) is 0 Å². The molecule has 1 aromatic heterocycles. The van der Waals surface area contributed by atoms with Crippen LogP contribution in [-0.2, 0) is 6.54 Å². The molecule has 0 saturated heterocycles. The van der Waals surface area contributed by atoms with Crippen molar-refractivity contribution in [3.63, 3.8) is 0 Å². The number of likely N-dealkylation sites (N-methyl/N-ethyl adjacent to an activating group) is 1. The van der Waals surface area contributed by atoms with Crippen molar-refractivity contribution in [1.29, 1.82) is 0 Å². The molecule has 1 rings (SSSR count). The van der Waals surface area contributed by atoms with E-state index in [1.807, 2.05) is 11.9 Å². The Hall–Kier alpha value is -1.80. The largest absolute Gasteiger partial charge is 0.372 e. The molecule has 17 heavy (non-hydrogen) atoms. The minimum absolute atomic E-state index is 0.107. The number of anilines is 1. The average molecular weight is 234 g/mol. The van der Waals surface area contributed by atoms with Gasteiger partial charge in [-0.3, -0.25) is 4.79 Å². The highest BCUT2D eigenvalue weighted by Gasteiger charge is 2.03. The molecular formula is C12H18N4O. The second-order valence-corrected chi connectivity index (χ2v) is 3.66. The van der Waals surface area contributed by atoms with Crippen molar-refractivity contribution >= 4 is 5.69 Å². The molecule has 0 bridgehead atoms. The monoisotopic (exact) mass is 234 g/mol. The summed E-state index contributed by atoms with van der Waals surface area (Å²) in [5.41, 5.74) is 6.14. The molecule has 0 aliphatic carbocycles. The topological polar surface area (TPSA) is 64.2 Å². The van der Waals surface area contributed by atoms with E-state index >= 15 is 0 Å². The molecule has 0 spiro atoms. The molecule has 1 aromatic rings. The maximum absolute atomic E-state index is 11.7. The quantitative estimate of drug-likeness (QED) is 0.731. The van der Waals surface area contributed by atoms with Gasteiger partial charge in [-0.25, -0.2) is 4.68 Å². The lowest BCUT2D eigenvalue weighted by Gasteiger charge is -2.17. The van der Waals surface area contributed by atoms with E-state index in [-0.39, 0.29) is 5.56 Å². The molecule has 0 saturated carbocycles. The van der Waals surface area contributed by atoms with Gasteiger partial charge in [-0.2, -0.15) is 5.10 Å². The van der Waals surface area contributed by atoms with Crippen LogP contribution in [0.25, 0.3) is 0 Å². The zero-order valence-corrected chi connectivity index (χ0v) is 10.3. The van der Waals surface area contributed by atoms with Crippen LogP contribution in [0.5, 0.6) is 0 Å². The summed E-state index contributed by atoms with van der Waals surface area (Å²) in [5.74, 6) is 5.69. The summed E-state index contributed by atoms with van der Waals surface area (Å²) in [6.45, 7) is 3.56. The first kappa shape index (κ1) is 13.3. The Kier molecular flexibility index (Phi) is 5.24. The zero-order chi connectivity index (χ0) is 12.7. The summed E-state index contributed by atoms with van der Waals surface area (Å²) < 4.78 is 1.42. The molecule has 1 heterocycles. The first-order valence-corrected chi connectivity index (χ1v) is 5.57. The molecule has 0 fully saturated rings. The number of nitrogens with zero attached hydrogens (tertiary/aromatic N) is 3. The van der Waals surface area contributed by atoms with Crippen LogP contribution in [0.1, 0.15) is 13.3 Å². The van der Waals surface area contributed by atoms with Crippen LogP contribution in [0.3, 0.4) is 0 Å². The number of nitrogens with two attached hydrogens (primary N) is 1. The van der Waals surface area contributed by atoms with Crippen molar-refractivity contribution in [3.05, 3.63) is 22.6 Å². The molecular weight excluding hydrogens is 216 g/mol. The number of rotatable bonds is 5. The van der Waals surface area contributed by atoms with Gasteiger partial charge in [0.05, 0.1) is 18.4 Å². The number of aromatic nitrogens is 2. The van der Waals surface area contributed by atoms with E-state index < -0.39 is 0 Å². The summed E-state index contributed by atoms with van der Waals surface area (Å²) in [5, 5.41) is 4.11. The van der Waals surface area contributed by atoms with Crippen molar-refractivity contribution < 1.29 is 0 Å². The average Bonchev–Trinajstić information content (AvgIpc) is 2.31. The van der Waals surface area contributed by atoms with Crippen molar-refractivity contribution in [3.8, 4) is 11.8 Å². The standard InChI is InChI=1S/C12H18N4O/c1-3-4-5-7-16-12(17)9-11(10-14-16)15(2)8-6-13/h9-10H,5-8,13H2,1-2H3. The van der Waals surface area contributed by atoms with Crippen molar-refractivity contribution in [2.45, 2.75) is 19.9 Å². The molecule has 0 unspecified atom stereocenters. The highest BCUT2D eigenvalue weighted by molar-refractivity contribution is 5.41. The summed E-state index contributed by atoms with van der Waals surface area (Å²) in [6.07, 6.45) is 2.32. The van der Waals surface area contributed by atoms with E-state index in [1.165, 1.54) is 4.68 Å². The van der Waals surface area contributed by atoms with Gasteiger partial charge in [0.1, 0.15) is 0 Å². The SMILES string of the molecule is CC#CCCn1ncc(N(C)CCN)cc1=O. The minimum Gasteiger partial charge on any atom is -0.372 e. The van der Waals surface area contributed by atoms with Crippen LogP contribution in [0.4, 0.5) is 5.69 Å². The van der Waals surface area contributed by atoms with Gasteiger partial charge in [-0.15, -0.1) is 11.8 Å². The van der Waals surface area contributed by atoms with E-state index in [0.29, 0.717) is 26.1 Å². The minimum atomic E-state index is -0.107. The lowest BCUT2D eigenvalue weighted by molar-refractivity contribution is 0.589. The molecule has 0 amide bonds. The Bertz CT molecular complexity index is 469. The molecule has 5 heteroatoms. The molecule has 0 aliphatic heterocycles. The van der Waals surface area contributed by atoms with Crippen LogP contribution in [-0.4, -0.2) is 29.9 Å². The maximum Gasteiger partial charge on any atom is 0.268 e. The Morgan fingerprint density at radius 3 is 2.94 bits per heavy atom. The third-order valence-electron chi connectivity index (χ3n) is 2.39. The Morgan fingerprint density at radius 1 is 1.59 bits per heavy atom. The van der Waals surface area contributed by atoms with E-state index in [1.54, 1.807) is 19.2 Å². The lowest BCUT2D eigenvalue weighted by atomic mass is 10.4. The fraction of sp³-hybridized carbons (Fsp3) is 0.500. The maximum atomic E-state index is 11.7.